The van der Waals surface area contributed by atoms with Gasteiger partial charge in [0.2, 0.25) is 0 Å². The van der Waals surface area contributed by atoms with Crippen molar-refractivity contribution in [3.63, 3.8) is 0 Å². The molecule has 0 bridgehead atoms. The molecule has 76 valence electrons. The van der Waals surface area contributed by atoms with Crippen LogP contribution in [-0.4, -0.2) is 35.7 Å². The lowest BCUT2D eigenvalue weighted by molar-refractivity contribution is 0.0190. The Kier molecular flexibility index (Phi) is 3.77. The molecule has 0 saturated heterocycles. The van der Waals surface area contributed by atoms with Gasteiger partial charge in [0.15, 0.2) is 0 Å². The topological polar surface area (TPSA) is 23.5 Å². The SMILES string of the molecule is C=C(Cl)CN(C)CC1(O)CCCC1. The van der Waals surface area contributed by atoms with Gasteiger partial charge < -0.3 is 5.11 Å². The van der Waals surface area contributed by atoms with E-state index in [0.717, 1.165) is 25.7 Å². The van der Waals surface area contributed by atoms with Gasteiger partial charge in [0.25, 0.3) is 0 Å². The summed E-state index contributed by atoms with van der Waals surface area (Å²) in [6.07, 6.45) is 4.14. The predicted octanol–water partition coefficient (Wildman–Crippen LogP) is 1.98. The number of rotatable bonds is 4. The zero-order valence-electron chi connectivity index (χ0n) is 8.22. The van der Waals surface area contributed by atoms with Crippen molar-refractivity contribution in [3.8, 4) is 0 Å². The van der Waals surface area contributed by atoms with E-state index in [2.05, 4.69) is 6.58 Å². The molecule has 2 nitrogen and oxygen atoms in total. The predicted molar refractivity (Wildman–Crippen MR) is 55.9 cm³/mol. The number of likely N-dealkylation sites (N-methyl/N-ethyl adjacent to an activating group) is 1. The van der Waals surface area contributed by atoms with Crippen LogP contribution in [0.25, 0.3) is 0 Å². The standard InChI is InChI=1S/C10H18ClNO/c1-9(11)7-12(2)8-10(13)5-3-4-6-10/h13H,1,3-8H2,2H3. The zero-order valence-corrected chi connectivity index (χ0v) is 8.98. The van der Waals surface area contributed by atoms with Crippen LogP contribution < -0.4 is 0 Å². The molecule has 1 fully saturated rings. The van der Waals surface area contributed by atoms with E-state index in [-0.39, 0.29) is 0 Å². The average molecular weight is 204 g/mol. The van der Waals surface area contributed by atoms with Gasteiger partial charge in [-0.3, -0.25) is 4.90 Å². The van der Waals surface area contributed by atoms with Crippen LogP contribution in [0.5, 0.6) is 0 Å². The lowest BCUT2D eigenvalue weighted by atomic mass is 10.0. The van der Waals surface area contributed by atoms with E-state index in [4.69, 9.17) is 11.6 Å². The van der Waals surface area contributed by atoms with Crippen molar-refractivity contribution in [2.75, 3.05) is 20.1 Å². The molecule has 0 aliphatic heterocycles. The summed E-state index contributed by atoms with van der Waals surface area (Å²) in [5.41, 5.74) is -0.471. The smallest absolute Gasteiger partial charge is 0.0774 e. The average Bonchev–Trinajstić information content (AvgIpc) is 2.33. The van der Waals surface area contributed by atoms with Crippen molar-refractivity contribution in [2.45, 2.75) is 31.3 Å². The van der Waals surface area contributed by atoms with Crippen molar-refractivity contribution in [1.82, 2.24) is 4.90 Å². The normalized spacial score (nSPS) is 20.9. The number of aliphatic hydroxyl groups is 1. The Bertz CT molecular complexity index is 187. The maximum atomic E-state index is 10.1. The van der Waals surface area contributed by atoms with Gasteiger partial charge in [-0.15, -0.1) is 0 Å². The molecule has 1 rings (SSSR count). The minimum atomic E-state index is -0.471. The summed E-state index contributed by atoms with van der Waals surface area (Å²) < 4.78 is 0. The van der Waals surface area contributed by atoms with Crippen LogP contribution >= 0.6 is 11.6 Å². The Morgan fingerprint density at radius 3 is 2.54 bits per heavy atom. The number of halogens is 1. The number of nitrogens with zero attached hydrogens (tertiary/aromatic N) is 1. The summed E-state index contributed by atoms with van der Waals surface area (Å²) in [5, 5.41) is 10.7. The van der Waals surface area contributed by atoms with Gasteiger partial charge in [0.1, 0.15) is 0 Å². The van der Waals surface area contributed by atoms with Gasteiger partial charge in [-0.05, 0) is 19.9 Å². The van der Waals surface area contributed by atoms with Crippen LogP contribution in [0.4, 0.5) is 0 Å². The molecule has 0 amide bonds. The first-order valence-corrected chi connectivity index (χ1v) is 5.14. The molecule has 13 heavy (non-hydrogen) atoms. The van der Waals surface area contributed by atoms with Crippen LogP contribution in [0, 0.1) is 0 Å². The minimum absolute atomic E-state index is 0.471. The van der Waals surface area contributed by atoms with E-state index in [1.165, 1.54) is 0 Å². The molecule has 0 unspecified atom stereocenters. The third kappa shape index (κ3) is 3.67. The van der Waals surface area contributed by atoms with Crippen molar-refractivity contribution in [1.29, 1.82) is 0 Å². The molecular weight excluding hydrogens is 186 g/mol. The Morgan fingerprint density at radius 1 is 1.54 bits per heavy atom. The minimum Gasteiger partial charge on any atom is -0.389 e. The Morgan fingerprint density at radius 2 is 2.08 bits per heavy atom. The highest BCUT2D eigenvalue weighted by molar-refractivity contribution is 6.29. The summed E-state index contributed by atoms with van der Waals surface area (Å²) in [5.74, 6) is 0. The molecule has 0 aromatic carbocycles. The van der Waals surface area contributed by atoms with Crippen LogP contribution in [0.1, 0.15) is 25.7 Å². The molecular formula is C10H18ClNO. The molecule has 0 aromatic rings. The highest BCUT2D eigenvalue weighted by atomic mass is 35.5. The van der Waals surface area contributed by atoms with Crippen LogP contribution in [0.2, 0.25) is 0 Å². The summed E-state index contributed by atoms with van der Waals surface area (Å²) in [7, 11) is 1.96. The zero-order chi connectivity index (χ0) is 9.90. The Balaban J connectivity index is 2.33. The van der Waals surface area contributed by atoms with Gasteiger partial charge in [-0.25, -0.2) is 0 Å². The van der Waals surface area contributed by atoms with E-state index >= 15 is 0 Å². The van der Waals surface area contributed by atoms with Crippen molar-refractivity contribution >= 4 is 11.6 Å². The fourth-order valence-electron chi connectivity index (χ4n) is 2.04. The molecule has 3 heteroatoms. The van der Waals surface area contributed by atoms with Gasteiger partial charge in [0.05, 0.1) is 5.60 Å². The molecule has 0 heterocycles. The van der Waals surface area contributed by atoms with Crippen molar-refractivity contribution < 1.29 is 5.11 Å². The lowest BCUT2D eigenvalue weighted by Crippen LogP contribution is -2.39. The van der Waals surface area contributed by atoms with Gasteiger partial charge in [0, 0.05) is 18.1 Å². The molecule has 1 saturated carbocycles. The second-order valence-electron chi connectivity index (χ2n) is 4.12. The molecule has 0 spiro atoms. The second kappa shape index (κ2) is 4.45. The lowest BCUT2D eigenvalue weighted by Gasteiger charge is -2.28. The fraction of sp³-hybridized carbons (Fsp3) is 0.800. The van der Waals surface area contributed by atoms with Gasteiger partial charge >= 0.3 is 0 Å². The molecule has 1 N–H and O–H groups in total. The van der Waals surface area contributed by atoms with E-state index in [0.29, 0.717) is 18.1 Å². The fourth-order valence-corrected chi connectivity index (χ4v) is 2.25. The summed E-state index contributed by atoms with van der Waals surface area (Å²) in [6.45, 7) is 5.00. The van der Waals surface area contributed by atoms with Crippen LogP contribution in [0.15, 0.2) is 11.6 Å². The molecule has 0 atom stereocenters. The van der Waals surface area contributed by atoms with E-state index in [1.54, 1.807) is 0 Å². The monoisotopic (exact) mass is 203 g/mol. The first-order chi connectivity index (χ1) is 6.02. The van der Waals surface area contributed by atoms with Crippen molar-refractivity contribution in [2.24, 2.45) is 0 Å². The molecule has 0 aromatic heterocycles. The van der Waals surface area contributed by atoms with Gasteiger partial charge in [-0.2, -0.15) is 0 Å². The van der Waals surface area contributed by atoms with Crippen LogP contribution in [-0.2, 0) is 0 Å². The Labute approximate surface area is 85.2 Å². The quantitative estimate of drug-likeness (QED) is 0.756. The maximum Gasteiger partial charge on any atom is 0.0774 e. The van der Waals surface area contributed by atoms with Gasteiger partial charge in [-0.1, -0.05) is 31.0 Å². The first-order valence-electron chi connectivity index (χ1n) is 4.76. The first kappa shape index (κ1) is 11.0. The third-order valence-corrected chi connectivity index (χ3v) is 2.66. The number of hydrogen-bond donors (Lipinski definition) is 1. The Hall–Kier alpha value is -0.0500. The summed E-state index contributed by atoms with van der Waals surface area (Å²) >= 11 is 5.69. The van der Waals surface area contributed by atoms with E-state index < -0.39 is 5.60 Å². The van der Waals surface area contributed by atoms with Crippen molar-refractivity contribution in [3.05, 3.63) is 11.6 Å². The summed E-state index contributed by atoms with van der Waals surface area (Å²) in [4.78, 5) is 2.03. The maximum absolute atomic E-state index is 10.1. The van der Waals surface area contributed by atoms with E-state index in [1.807, 2.05) is 11.9 Å². The third-order valence-electron chi connectivity index (χ3n) is 2.54. The number of hydrogen-bond acceptors (Lipinski definition) is 2. The molecule has 1 aliphatic carbocycles. The second-order valence-corrected chi connectivity index (χ2v) is 4.66. The highest BCUT2D eigenvalue weighted by Crippen LogP contribution is 2.29. The van der Waals surface area contributed by atoms with Crippen LogP contribution in [0.3, 0.4) is 0 Å². The largest absolute Gasteiger partial charge is 0.389 e. The van der Waals surface area contributed by atoms with E-state index in [9.17, 15) is 5.11 Å². The molecule has 0 radical (unpaired) electrons. The highest BCUT2D eigenvalue weighted by Gasteiger charge is 2.31. The molecule has 1 aliphatic rings. The summed E-state index contributed by atoms with van der Waals surface area (Å²) in [6, 6.07) is 0.